The molecule has 0 aliphatic carbocycles. The fraction of sp³-hybridized carbons (Fsp3) is 0.400. The van der Waals surface area contributed by atoms with Gasteiger partial charge in [0.05, 0.1) is 4.92 Å². The summed E-state index contributed by atoms with van der Waals surface area (Å²) in [5.41, 5.74) is 0.436. The Kier molecular flexibility index (Phi) is 5.42. The van der Waals surface area contributed by atoms with E-state index in [1.54, 1.807) is 19.1 Å². The molecule has 1 atom stereocenters. The van der Waals surface area contributed by atoms with E-state index in [2.05, 4.69) is 11.8 Å². The Labute approximate surface area is 153 Å². The van der Waals surface area contributed by atoms with Crippen LogP contribution in [0.15, 0.2) is 48.5 Å². The first kappa shape index (κ1) is 18.2. The van der Waals surface area contributed by atoms with E-state index in [1.807, 2.05) is 30.3 Å². The molecule has 0 bridgehead atoms. The summed E-state index contributed by atoms with van der Waals surface area (Å²) in [6.07, 6.45) is 0.911. The second-order valence-corrected chi connectivity index (χ2v) is 6.95. The zero-order chi connectivity index (χ0) is 18.6. The highest BCUT2D eigenvalue weighted by atomic mass is 16.6. The lowest BCUT2D eigenvalue weighted by Gasteiger charge is -2.26. The number of nitro groups is 1. The van der Waals surface area contributed by atoms with Crippen LogP contribution in [-0.4, -0.2) is 41.7 Å². The van der Waals surface area contributed by atoms with E-state index in [0.717, 1.165) is 31.8 Å². The fourth-order valence-electron chi connectivity index (χ4n) is 3.29. The topological polar surface area (TPSA) is 64.8 Å². The molecule has 1 aliphatic heterocycles. The van der Waals surface area contributed by atoms with Gasteiger partial charge in [0.1, 0.15) is 23.7 Å². The average molecular weight is 356 g/mol. The highest BCUT2D eigenvalue weighted by Gasteiger charge is 2.35. The number of nitrogens with zero attached hydrogens (tertiary/aromatic N) is 2. The molecule has 0 N–H and O–H groups in total. The Balaban J connectivity index is 1.52. The Morgan fingerprint density at radius 2 is 1.96 bits per heavy atom. The molecular weight excluding hydrogens is 332 g/mol. The fourth-order valence-corrected chi connectivity index (χ4v) is 3.29. The Hall–Kier alpha value is -2.60. The summed E-state index contributed by atoms with van der Waals surface area (Å²) in [6.45, 7) is 7.04. The minimum atomic E-state index is -0.370. The molecule has 0 radical (unpaired) electrons. The van der Waals surface area contributed by atoms with Gasteiger partial charge in [-0.15, -0.1) is 0 Å². The molecule has 6 heteroatoms. The smallest absolute Gasteiger partial charge is 0.272 e. The largest absolute Gasteiger partial charge is 0.492 e. The van der Waals surface area contributed by atoms with Crippen LogP contribution >= 0.6 is 0 Å². The van der Waals surface area contributed by atoms with Crippen LogP contribution in [-0.2, 0) is 0 Å². The molecule has 0 spiro atoms. The second kappa shape index (κ2) is 7.74. The highest BCUT2D eigenvalue weighted by Crippen LogP contribution is 2.30. The van der Waals surface area contributed by atoms with E-state index in [0.29, 0.717) is 17.9 Å². The van der Waals surface area contributed by atoms with Gasteiger partial charge >= 0.3 is 0 Å². The van der Waals surface area contributed by atoms with Gasteiger partial charge in [0.25, 0.3) is 5.69 Å². The van der Waals surface area contributed by atoms with E-state index in [9.17, 15) is 10.1 Å². The molecule has 2 aromatic carbocycles. The minimum absolute atomic E-state index is 0.119. The number of para-hydroxylation sites is 1. The molecule has 2 aromatic rings. The quantitative estimate of drug-likeness (QED) is 0.557. The molecular formula is C20H24N2O4. The highest BCUT2D eigenvalue weighted by molar-refractivity contribution is 5.44. The summed E-state index contributed by atoms with van der Waals surface area (Å²) in [6, 6.07) is 14.7. The average Bonchev–Trinajstić information content (AvgIpc) is 2.96. The summed E-state index contributed by atoms with van der Waals surface area (Å²) in [7, 11) is 0. The number of benzene rings is 2. The Morgan fingerprint density at radius 3 is 2.65 bits per heavy atom. The second-order valence-electron chi connectivity index (χ2n) is 6.95. The first-order chi connectivity index (χ1) is 12.5. The minimum Gasteiger partial charge on any atom is -0.492 e. The first-order valence-electron chi connectivity index (χ1n) is 8.79. The monoisotopic (exact) mass is 356 g/mol. The van der Waals surface area contributed by atoms with Crippen molar-refractivity contribution in [2.75, 3.05) is 26.2 Å². The maximum absolute atomic E-state index is 10.9. The molecule has 26 heavy (non-hydrogen) atoms. The van der Waals surface area contributed by atoms with Crippen molar-refractivity contribution in [2.45, 2.75) is 25.9 Å². The molecule has 0 saturated carbocycles. The molecule has 0 aromatic heterocycles. The van der Waals surface area contributed by atoms with Crippen LogP contribution in [0.1, 0.15) is 18.9 Å². The van der Waals surface area contributed by atoms with Crippen LogP contribution in [0.5, 0.6) is 11.5 Å². The molecule has 6 nitrogen and oxygen atoms in total. The summed E-state index contributed by atoms with van der Waals surface area (Å²) >= 11 is 0. The van der Waals surface area contributed by atoms with Crippen molar-refractivity contribution >= 4 is 5.69 Å². The van der Waals surface area contributed by atoms with Gasteiger partial charge in [-0.1, -0.05) is 18.2 Å². The van der Waals surface area contributed by atoms with E-state index in [4.69, 9.17) is 9.47 Å². The van der Waals surface area contributed by atoms with Crippen molar-refractivity contribution in [3.05, 3.63) is 64.2 Å². The maximum Gasteiger partial charge on any atom is 0.272 e. The number of hydrogen-bond donors (Lipinski definition) is 0. The molecule has 1 heterocycles. The summed E-state index contributed by atoms with van der Waals surface area (Å²) in [5, 5.41) is 10.9. The lowest BCUT2D eigenvalue weighted by molar-refractivity contribution is -0.385. The van der Waals surface area contributed by atoms with Gasteiger partial charge in [0.15, 0.2) is 0 Å². The van der Waals surface area contributed by atoms with E-state index >= 15 is 0 Å². The molecule has 3 rings (SSSR count). The zero-order valence-electron chi connectivity index (χ0n) is 15.2. The zero-order valence-corrected chi connectivity index (χ0v) is 15.2. The molecule has 1 fully saturated rings. The third-order valence-corrected chi connectivity index (χ3v) is 4.66. The van der Waals surface area contributed by atoms with E-state index < -0.39 is 0 Å². The summed E-state index contributed by atoms with van der Waals surface area (Å²) in [5.74, 6) is 1.56. The van der Waals surface area contributed by atoms with Crippen molar-refractivity contribution in [1.82, 2.24) is 4.90 Å². The van der Waals surface area contributed by atoms with Gasteiger partial charge in [0.2, 0.25) is 0 Å². The SMILES string of the molecule is Cc1cc(OC2(C)CCN(CCOc3ccccc3)C2)ccc1[N+](=O)[O-]. The van der Waals surface area contributed by atoms with Crippen LogP contribution in [0.3, 0.4) is 0 Å². The van der Waals surface area contributed by atoms with Crippen molar-refractivity contribution in [3.8, 4) is 11.5 Å². The third-order valence-electron chi connectivity index (χ3n) is 4.66. The van der Waals surface area contributed by atoms with Gasteiger partial charge in [0, 0.05) is 37.7 Å². The van der Waals surface area contributed by atoms with Gasteiger partial charge < -0.3 is 9.47 Å². The standard InChI is InChI=1S/C20H24N2O4/c1-16-14-18(8-9-19(16)22(23)24)26-20(2)10-11-21(15-20)12-13-25-17-6-4-3-5-7-17/h3-9,14H,10-13,15H2,1-2H3. The number of likely N-dealkylation sites (tertiary alicyclic amines) is 1. The van der Waals surface area contributed by atoms with Crippen molar-refractivity contribution in [1.29, 1.82) is 0 Å². The number of hydrogen-bond acceptors (Lipinski definition) is 5. The lowest BCUT2D eigenvalue weighted by Crippen LogP contribution is -2.37. The first-order valence-corrected chi connectivity index (χ1v) is 8.79. The van der Waals surface area contributed by atoms with Gasteiger partial charge in [-0.3, -0.25) is 15.0 Å². The van der Waals surface area contributed by atoms with Gasteiger partial charge in [-0.2, -0.15) is 0 Å². The predicted molar refractivity (Wildman–Crippen MR) is 99.9 cm³/mol. The Bertz CT molecular complexity index is 766. The van der Waals surface area contributed by atoms with Crippen LogP contribution in [0.2, 0.25) is 0 Å². The van der Waals surface area contributed by atoms with Crippen LogP contribution in [0.4, 0.5) is 5.69 Å². The van der Waals surface area contributed by atoms with E-state index in [1.165, 1.54) is 6.07 Å². The van der Waals surface area contributed by atoms with Crippen LogP contribution in [0.25, 0.3) is 0 Å². The number of ether oxygens (including phenoxy) is 2. The summed E-state index contributed by atoms with van der Waals surface area (Å²) in [4.78, 5) is 12.9. The lowest BCUT2D eigenvalue weighted by atomic mass is 10.1. The predicted octanol–water partition coefficient (Wildman–Crippen LogP) is 3.83. The molecule has 1 saturated heterocycles. The van der Waals surface area contributed by atoms with Gasteiger partial charge in [-0.25, -0.2) is 0 Å². The van der Waals surface area contributed by atoms with Crippen molar-refractivity contribution in [2.24, 2.45) is 0 Å². The van der Waals surface area contributed by atoms with Crippen LogP contribution < -0.4 is 9.47 Å². The molecule has 1 unspecified atom stereocenters. The normalized spacial score (nSPS) is 20.1. The number of rotatable bonds is 7. The van der Waals surface area contributed by atoms with Crippen molar-refractivity contribution < 1.29 is 14.4 Å². The van der Waals surface area contributed by atoms with Gasteiger partial charge in [-0.05, 0) is 38.1 Å². The third kappa shape index (κ3) is 4.52. The molecule has 1 aliphatic rings. The van der Waals surface area contributed by atoms with Crippen LogP contribution in [0, 0.1) is 17.0 Å². The Morgan fingerprint density at radius 1 is 1.19 bits per heavy atom. The number of aryl methyl sites for hydroxylation is 1. The molecule has 0 amide bonds. The molecule has 138 valence electrons. The van der Waals surface area contributed by atoms with E-state index in [-0.39, 0.29) is 16.2 Å². The summed E-state index contributed by atoms with van der Waals surface area (Å²) < 4.78 is 11.9. The maximum atomic E-state index is 10.9. The van der Waals surface area contributed by atoms with Crippen molar-refractivity contribution in [3.63, 3.8) is 0 Å². The number of nitro benzene ring substituents is 1.